The third-order valence-electron chi connectivity index (χ3n) is 11.4. The maximum Gasteiger partial charge on any atom is 0.420 e. The van der Waals surface area contributed by atoms with Crippen molar-refractivity contribution in [3.05, 3.63) is 203 Å². The molecule has 1 aliphatic carbocycles. The molecule has 0 saturated carbocycles. The van der Waals surface area contributed by atoms with Crippen LogP contribution in [0.3, 0.4) is 0 Å². The van der Waals surface area contributed by atoms with E-state index in [0.29, 0.717) is 44.8 Å². The summed E-state index contributed by atoms with van der Waals surface area (Å²) in [6.45, 7) is 0. The summed E-state index contributed by atoms with van der Waals surface area (Å²) >= 11 is 0. The van der Waals surface area contributed by atoms with Crippen LogP contribution in [-0.2, 0) is 17.8 Å². The predicted molar refractivity (Wildman–Crippen MR) is 227 cm³/mol. The lowest BCUT2D eigenvalue weighted by Gasteiger charge is -2.39. The molecule has 0 aromatic heterocycles. The fourth-order valence-corrected chi connectivity index (χ4v) is 8.64. The summed E-state index contributed by atoms with van der Waals surface area (Å²) in [5.74, 6) is -0.161. The fourth-order valence-electron chi connectivity index (χ4n) is 8.64. The third kappa shape index (κ3) is 6.44. The smallest absolute Gasteiger partial charge is 0.420 e. The Morgan fingerprint density at radius 1 is 0.403 bits per heavy atom. The zero-order valence-corrected chi connectivity index (χ0v) is 32.3. The number of benzene rings is 8. The van der Waals surface area contributed by atoms with Gasteiger partial charge in [-0.15, -0.1) is 0 Å². The molecule has 62 heavy (non-hydrogen) atoms. The number of anilines is 2. The molecule has 0 saturated heterocycles. The van der Waals surface area contributed by atoms with E-state index in [-0.39, 0.29) is 23.0 Å². The topological polar surface area (TPSA) is 79.7 Å². The highest BCUT2D eigenvalue weighted by molar-refractivity contribution is 5.88. The summed E-state index contributed by atoms with van der Waals surface area (Å²) in [5.41, 5.74) is 16.5. The number of hydrogen-bond donors (Lipinski definition) is 2. The van der Waals surface area contributed by atoms with Crippen molar-refractivity contribution in [3.8, 4) is 67.9 Å². The maximum atomic E-state index is 14.6. The van der Waals surface area contributed by atoms with E-state index in [0.717, 1.165) is 34.4 Å². The van der Waals surface area contributed by atoms with Crippen molar-refractivity contribution in [1.82, 2.24) is 0 Å². The van der Waals surface area contributed by atoms with Gasteiger partial charge in [-0.2, -0.15) is 26.3 Å². The molecule has 1 heterocycles. The van der Waals surface area contributed by atoms with Crippen LogP contribution >= 0.6 is 0 Å². The largest absolute Gasteiger partial charge is 0.457 e. The molecule has 1 spiro atoms. The monoisotopic (exact) mass is 834 g/mol. The first-order valence-corrected chi connectivity index (χ1v) is 19.4. The van der Waals surface area contributed by atoms with Crippen LogP contribution in [-0.4, -0.2) is 0 Å². The van der Waals surface area contributed by atoms with Gasteiger partial charge in [-0.3, -0.25) is 0 Å². The number of ether oxygens (including phenoxy) is 3. The maximum absolute atomic E-state index is 14.6. The number of hydrogen-bond acceptors (Lipinski definition) is 5. The van der Waals surface area contributed by atoms with Gasteiger partial charge in [-0.05, 0) is 105 Å². The minimum Gasteiger partial charge on any atom is -0.457 e. The summed E-state index contributed by atoms with van der Waals surface area (Å²) in [6.07, 6.45) is -9.52. The second-order valence-electron chi connectivity index (χ2n) is 15.1. The van der Waals surface area contributed by atoms with Gasteiger partial charge in [0.05, 0.1) is 16.5 Å². The van der Waals surface area contributed by atoms with Crippen LogP contribution in [0.1, 0.15) is 33.4 Å². The van der Waals surface area contributed by atoms with Crippen LogP contribution in [0.4, 0.5) is 37.7 Å². The summed E-state index contributed by atoms with van der Waals surface area (Å²) in [7, 11) is 0. The lowest BCUT2D eigenvalue weighted by atomic mass is 9.66. The van der Waals surface area contributed by atoms with Crippen molar-refractivity contribution in [1.29, 1.82) is 0 Å². The lowest BCUT2D eigenvalue weighted by Crippen LogP contribution is -2.32. The van der Waals surface area contributed by atoms with E-state index < -0.39 is 40.4 Å². The fraction of sp³-hybridized carbons (Fsp3) is 0.0588. The van der Waals surface area contributed by atoms with Gasteiger partial charge < -0.3 is 25.7 Å². The number of alkyl halides is 6. The first kappa shape index (κ1) is 38.5. The van der Waals surface area contributed by atoms with E-state index in [1.54, 1.807) is 84.9 Å². The number of rotatable bonds is 6. The molecule has 5 nitrogen and oxygen atoms in total. The molecule has 1 aliphatic heterocycles. The number of nitrogens with two attached hydrogens (primary N) is 2. The van der Waals surface area contributed by atoms with Gasteiger partial charge in [0.1, 0.15) is 34.5 Å². The van der Waals surface area contributed by atoms with Gasteiger partial charge in [0.15, 0.2) is 0 Å². The van der Waals surface area contributed by atoms with Crippen LogP contribution in [0.5, 0.6) is 34.5 Å². The molecule has 0 fully saturated rings. The summed E-state index contributed by atoms with van der Waals surface area (Å²) in [5, 5.41) is 0. The van der Waals surface area contributed by atoms with Gasteiger partial charge in [0.2, 0.25) is 0 Å². The molecule has 2 aliphatic rings. The van der Waals surface area contributed by atoms with E-state index in [1.165, 1.54) is 24.3 Å². The first-order chi connectivity index (χ1) is 29.8. The zero-order chi connectivity index (χ0) is 43.0. The highest BCUT2D eigenvalue weighted by atomic mass is 19.4. The van der Waals surface area contributed by atoms with Crippen LogP contribution in [0.2, 0.25) is 0 Å². The van der Waals surface area contributed by atoms with Crippen molar-refractivity contribution in [2.45, 2.75) is 17.8 Å². The molecule has 0 radical (unpaired) electrons. The van der Waals surface area contributed by atoms with Gasteiger partial charge >= 0.3 is 12.4 Å². The second-order valence-corrected chi connectivity index (χ2v) is 15.1. The molecule has 11 heteroatoms. The van der Waals surface area contributed by atoms with Gasteiger partial charge in [0, 0.05) is 34.6 Å². The second kappa shape index (κ2) is 14.2. The molecule has 10 rings (SSSR count). The van der Waals surface area contributed by atoms with E-state index in [1.807, 2.05) is 48.5 Å². The Labute approximate surface area is 351 Å². The first-order valence-electron chi connectivity index (χ1n) is 19.4. The Morgan fingerprint density at radius 3 is 1.19 bits per heavy atom. The van der Waals surface area contributed by atoms with Crippen LogP contribution in [0.25, 0.3) is 33.4 Å². The standard InChI is InChI=1S/C51H32F6N2O3/c52-50(53,54)43-25-31(29-9-15-33(58)16-10-29)13-23-45(43)60-35-19-21-41-47(27-35)62-48-28-36(61-46-24-14-32(26-44(46)51(55,56)57)30-11-17-34(59)18-12-30)20-22-42(48)49(41)39-7-3-1-5-37(39)38-6-2-4-8-40(38)49/h1-28H,58-59H2. The Balaban J connectivity index is 1.08. The molecule has 0 amide bonds. The summed E-state index contributed by atoms with van der Waals surface area (Å²) in [4.78, 5) is 0. The van der Waals surface area contributed by atoms with Gasteiger partial charge in [0.25, 0.3) is 0 Å². The summed E-state index contributed by atoms with van der Waals surface area (Å²) < 4.78 is 106. The van der Waals surface area contributed by atoms with E-state index in [2.05, 4.69) is 0 Å². The molecule has 8 aromatic rings. The quantitative estimate of drug-likeness (QED) is 0.129. The summed E-state index contributed by atoms with van der Waals surface area (Å²) in [6, 6.07) is 46.4. The number of halogens is 6. The minimum atomic E-state index is -4.76. The number of fused-ring (bicyclic) bond motifs is 9. The van der Waals surface area contributed by atoms with E-state index in [9.17, 15) is 26.3 Å². The SMILES string of the molecule is Nc1ccc(-c2ccc(Oc3ccc4c(c3)Oc3cc(Oc5ccc(-c6ccc(N)cc6)cc5C(F)(F)F)ccc3C43c4ccccc4-c4ccccc43)c(C(F)(F)F)c2)cc1. The van der Waals surface area contributed by atoms with Crippen molar-refractivity contribution in [2.24, 2.45) is 0 Å². The van der Waals surface area contributed by atoms with Gasteiger partial charge in [-0.25, -0.2) is 0 Å². The average molecular weight is 835 g/mol. The molecule has 0 unspecified atom stereocenters. The Kier molecular flexibility index (Phi) is 8.84. The van der Waals surface area contributed by atoms with Crippen molar-refractivity contribution in [3.63, 3.8) is 0 Å². The van der Waals surface area contributed by atoms with Crippen molar-refractivity contribution < 1.29 is 40.6 Å². The normalized spacial score (nSPS) is 13.4. The Bertz CT molecular complexity index is 2850. The zero-order valence-electron chi connectivity index (χ0n) is 32.3. The predicted octanol–water partition coefficient (Wildman–Crippen LogP) is 14.3. The highest BCUT2D eigenvalue weighted by Crippen LogP contribution is 2.63. The average Bonchev–Trinajstić information content (AvgIpc) is 3.54. The van der Waals surface area contributed by atoms with Gasteiger partial charge in [-0.1, -0.05) is 97.1 Å². The lowest BCUT2D eigenvalue weighted by molar-refractivity contribution is -0.139. The van der Waals surface area contributed by atoms with Crippen LogP contribution in [0.15, 0.2) is 170 Å². The Morgan fingerprint density at radius 2 is 0.790 bits per heavy atom. The van der Waals surface area contributed by atoms with Crippen molar-refractivity contribution >= 4 is 11.4 Å². The molecule has 306 valence electrons. The molecule has 4 N–H and O–H groups in total. The van der Waals surface area contributed by atoms with E-state index in [4.69, 9.17) is 25.7 Å². The molecular formula is C51H32F6N2O3. The van der Waals surface area contributed by atoms with E-state index >= 15 is 0 Å². The third-order valence-corrected chi connectivity index (χ3v) is 11.4. The molecular weight excluding hydrogens is 803 g/mol. The minimum absolute atomic E-state index is 0.0658. The molecule has 0 atom stereocenters. The Hall–Kier alpha value is -7.66. The number of nitrogen functional groups attached to an aromatic ring is 2. The highest BCUT2D eigenvalue weighted by Gasteiger charge is 2.51. The van der Waals surface area contributed by atoms with Crippen LogP contribution < -0.4 is 25.7 Å². The molecule has 8 aromatic carbocycles. The van der Waals surface area contributed by atoms with Crippen LogP contribution in [0, 0.1) is 0 Å². The molecule has 0 bridgehead atoms. The van der Waals surface area contributed by atoms with Crippen molar-refractivity contribution in [2.75, 3.05) is 11.5 Å².